The second kappa shape index (κ2) is 7.25. The average molecular weight is 284 g/mol. The molecule has 1 unspecified atom stereocenters. The van der Waals surface area contributed by atoms with Crippen LogP contribution in [-0.4, -0.2) is 25.6 Å². The van der Waals surface area contributed by atoms with Crippen LogP contribution in [0.1, 0.15) is 22.7 Å². The lowest BCUT2D eigenvalue weighted by Crippen LogP contribution is -2.29. The van der Waals surface area contributed by atoms with E-state index in [1.165, 1.54) is 11.1 Å². The van der Waals surface area contributed by atoms with E-state index < -0.39 is 0 Å². The van der Waals surface area contributed by atoms with Gasteiger partial charge in [-0.3, -0.25) is 0 Å². The fourth-order valence-corrected chi connectivity index (χ4v) is 2.44. The highest BCUT2D eigenvalue weighted by Gasteiger charge is 2.10. The quantitative estimate of drug-likeness (QED) is 0.885. The molecule has 2 aromatic carbocycles. The molecule has 0 aliphatic rings. The summed E-state index contributed by atoms with van der Waals surface area (Å²) in [5, 5.41) is 0. The summed E-state index contributed by atoms with van der Waals surface area (Å²) in [6.45, 7) is 3.88. The maximum absolute atomic E-state index is 6.30. The summed E-state index contributed by atoms with van der Waals surface area (Å²) in [7, 11) is 3.78. The van der Waals surface area contributed by atoms with Crippen molar-refractivity contribution in [3.05, 3.63) is 65.2 Å². The van der Waals surface area contributed by atoms with Crippen molar-refractivity contribution in [2.24, 2.45) is 5.73 Å². The van der Waals surface area contributed by atoms with E-state index >= 15 is 0 Å². The Morgan fingerprint density at radius 2 is 1.76 bits per heavy atom. The third-order valence-electron chi connectivity index (χ3n) is 3.75. The number of nitrogens with zero attached hydrogens (tertiary/aromatic N) is 1. The van der Waals surface area contributed by atoms with Gasteiger partial charge in [-0.25, -0.2) is 0 Å². The van der Waals surface area contributed by atoms with Crippen LogP contribution < -0.4 is 10.5 Å². The van der Waals surface area contributed by atoms with Crippen LogP contribution in [0.15, 0.2) is 48.5 Å². The SMILES string of the molecule is COc1ccc(C(N)CN(C)Cc2ccccc2C)cc1. The van der Waals surface area contributed by atoms with Crippen LogP contribution in [0.25, 0.3) is 0 Å². The van der Waals surface area contributed by atoms with Crippen molar-refractivity contribution in [3.8, 4) is 5.75 Å². The largest absolute Gasteiger partial charge is 0.497 e. The van der Waals surface area contributed by atoms with E-state index in [4.69, 9.17) is 10.5 Å². The Kier molecular flexibility index (Phi) is 5.37. The first-order chi connectivity index (χ1) is 10.1. The van der Waals surface area contributed by atoms with Crippen LogP contribution in [0.2, 0.25) is 0 Å². The molecule has 0 bridgehead atoms. The molecule has 0 aliphatic carbocycles. The molecule has 3 nitrogen and oxygen atoms in total. The van der Waals surface area contributed by atoms with Gasteiger partial charge in [0, 0.05) is 19.1 Å². The van der Waals surface area contributed by atoms with Crippen molar-refractivity contribution < 1.29 is 4.74 Å². The lowest BCUT2D eigenvalue weighted by molar-refractivity contribution is 0.304. The van der Waals surface area contributed by atoms with E-state index in [9.17, 15) is 0 Å². The normalized spacial score (nSPS) is 12.4. The minimum atomic E-state index is 0.00456. The number of nitrogens with two attached hydrogens (primary N) is 1. The number of hydrogen-bond acceptors (Lipinski definition) is 3. The van der Waals surface area contributed by atoms with Gasteiger partial charge in [0.2, 0.25) is 0 Å². The van der Waals surface area contributed by atoms with Crippen LogP contribution in [-0.2, 0) is 6.54 Å². The number of hydrogen-bond donors (Lipinski definition) is 1. The molecule has 0 aromatic heterocycles. The molecule has 0 fully saturated rings. The molecule has 2 N–H and O–H groups in total. The molecule has 0 radical (unpaired) electrons. The van der Waals surface area contributed by atoms with Crippen LogP contribution in [0, 0.1) is 6.92 Å². The lowest BCUT2D eigenvalue weighted by atomic mass is 10.1. The highest BCUT2D eigenvalue weighted by Crippen LogP contribution is 2.17. The monoisotopic (exact) mass is 284 g/mol. The smallest absolute Gasteiger partial charge is 0.118 e. The first kappa shape index (κ1) is 15.5. The van der Waals surface area contributed by atoms with Gasteiger partial charge in [-0.1, -0.05) is 36.4 Å². The Hall–Kier alpha value is -1.84. The van der Waals surface area contributed by atoms with Crippen molar-refractivity contribution in [1.82, 2.24) is 4.90 Å². The summed E-state index contributed by atoms with van der Waals surface area (Å²) in [6, 6.07) is 16.5. The first-order valence-corrected chi connectivity index (χ1v) is 7.22. The Morgan fingerprint density at radius 1 is 1.10 bits per heavy atom. The van der Waals surface area contributed by atoms with Gasteiger partial charge in [0.05, 0.1) is 7.11 Å². The number of benzene rings is 2. The fourth-order valence-electron chi connectivity index (χ4n) is 2.44. The zero-order valence-electron chi connectivity index (χ0n) is 13.0. The zero-order chi connectivity index (χ0) is 15.2. The molecular formula is C18H24N2O. The summed E-state index contributed by atoms with van der Waals surface area (Å²) in [5.41, 5.74) is 10.1. The zero-order valence-corrected chi connectivity index (χ0v) is 13.0. The van der Waals surface area contributed by atoms with Crippen LogP contribution in [0.4, 0.5) is 0 Å². The topological polar surface area (TPSA) is 38.5 Å². The molecule has 0 saturated heterocycles. The minimum absolute atomic E-state index is 0.00456. The highest BCUT2D eigenvalue weighted by molar-refractivity contribution is 5.29. The first-order valence-electron chi connectivity index (χ1n) is 7.22. The molecule has 0 heterocycles. The molecule has 0 amide bonds. The molecule has 2 rings (SSSR count). The van der Waals surface area contributed by atoms with Crippen molar-refractivity contribution in [2.75, 3.05) is 20.7 Å². The molecule has 0 spiro atoms. The van der Waals surface area contributed by atoms with Crippen LogP contribution >= 0.6 is 0 Å². The predicted molar refractivity (Wildman–Crippen MR) is 87.4 cm³/mol. The van der Waals surface area contributed by atoms with Gasteiger partial charge in [-0.15, -0.1) is 0 Å². The fraction of sp³-hybridized carbons (Fsp3) is 0.333. The van der Waals surface area contributed by atoms with Gasteiger partial charge in [-0.2, -0.15) is 0 Å². The Labute approximate surface area is 127 Å². The second-order valence-electron chi connectivity index (χ2n) is 5.50. The van der Waals surface area contributed by atoms with Crippen molar-refractivity contribution in [3.63, 3.8) is 0 Å². The Morgan fingerprint density at radius 3 is 2.38 bits per heavy atom. The third kappa shape index (κ3) is 4.31. The maximum Gasteiger partial charge on any atom is 0.118 e. The summed E-state index contributed by atoms with van der Waals surface area (Å²) in [4.78, 5) is 2.26. The highest BCUT2D eigenvalue weighted by atomic mass is 16.5. The van der Waals surface area contributed by atoms with Gasteiger partial charge in [0.15, 0.2) is 0 Å². The Balaban J connectivity index is 1.95. The van der Waals surface area contributed by atoms with Gasteiger partial charge in [0.1, 0.15) is 5.75 Å². The third-order valence-corrected chi connectivity index (χ3v) is 3.75. The summed E-state index contributed by atoms with van der Waals surface area (Å²) >= 11 is 0. The van der Waals surface area contributed by atoms with E-state index in [0.29, 0.717) is 0 Å². The number of methoxy groups -OCH3 is 1. The molecule has 112 valence electrons. The molecule has 3 heteroatoms. The molecule has 0 saturated carbocycles. The van der Waals surface area contributed by atoms with Crippen molar-refractivity contribution in [1.29, 1.82) is 0 Å². The lowest BCUT2D eigenvalue weighted by Gasteiger charge is -2.22. The van der Waals surface area contributed by atoms with E-state index in [1.807, 2.05) is 24.3 Å². The minimum Gasteiger partial charge on any atom is -0.497 e. The number of likely N-dealkylation sites (N-methyl/N-ethyl adjacent to an activating group) is 1. The summed E-state index contributed by atoms with van der Waals surface area (Å²) in [5.74, 6) is 0.860. The average Bonchev–Trinajstić information content (AvgIpc) is 2.49. The second-order valence-corrected chi connectivity index (χ2v) is 5.50. The maximum atomic E-state index is 6.30. The number of aryl methyl sites for hydroxylation is 1. The van der Waals surface area contributed by atoms with Gasteiger partial charge in [-0.05, 0) is 42.8 Å². The number of ether oxygens (including phenoxy) is 1. The standard InChI is InChI=1S/C18H24N2O/c1-14-6-4-5-7-16(14)12-20(2)13-18(19)15-8-10-17(21-3)11-9-15/h4-11,18H,12-13,19H2,1-3H3. The van der Waals surface area contributed by atoms with E-state index in [-0.39, 0.29) is 6.04 Å². The van der Waals surface area contributed by atoms with Gasteiger partial charge < -0.3 is 15.4 Å². The predicted octanol–water partition coefficient (Wildman–Crippen LogP) is 3.14. The summed E-state index contributed by atoms with van der Waals surface area (Å²) < 4.78 is 5.17. The van der Waals surface area contributed by atoms with E-state index in [1.54, 1.807) is 7.11 Å². The molecule has 0 aliphatic heterocycles. The van der Waals surface area contributed by atoms with E-state index in [0.717, 1.165) is 24.4 Å². The van der Waals surface area contributed by atoms with Gasteiger partial charge in [0.25, 0.3) is 0 Å². The summed E-state index contributed by atoms with van der Waals surface area (Å²) in [6.07, 6.45) is 0. The molecule has 2 aromatic rings. The molecule has 21 heavy (non-hydrogen) atoms. The van der Waals surface area contributed by atoms with Crippen LogP contribution in [0.5, 0.6) is 5.75 Å². The molecular weight excluding hydrogens is 260 g/mol. The van der Waals surface area contributed by atoms with Crippen molar-refractivity contribution >= 4 is 0 Å². The number of rotatable bonds is 6. The Bertz CT molecular complexity index is 566. The van der Waals surface area contributed by atoms with E-state index in [2.05, 4.69) is 43.1 Å². The van der Waals surface area contributed by atoms with Crippen LogP contribution in [0.3, 0.4) is 0 Å². The van der Waals surface area contributed by atoms with Gasteiger partial charge >= 0.3 is 0 Å². The molecule has 1 atom stereocenters. The van der Waals surface area contributed by atoms with Crippen molar-refractivity contribution in [2.45, 2.75) is 19.5 Å².